The summed E-state index contributed by atoms with van der Waals surface area (Å²) in [7, 11) is 0. The van der Waals surface area contributed by atoms with Gasteiger partial charge in [-0.05, 0) is 30.5 Å². The van der Waals surface area contributed by atoms with E-state index in [4.69, 9.17) is 5.73 Å². The van der Waals surface area contributed by atoms with Crippen molar-refractivity contribution in [1.29, 1.82) is 0 Å². The molecule has 0 spiro atoms. The predicted molar refractivity (Wildman–Crippen MR) is 74.9 cm³/mol. The minimum atomic E-state index is -0.00642. The molecule has 1 aromatic rings. The fourth-order valence-corrected chi connectivity index (χ4v) is 2.45. The molecular weight excluding hydrogens is 224 g/mol. The summed E-state index contributed by atoms with van der Waals surface area (Å²) < 4.78 is 0. The molecule has 0 atom stereocenters. The highest BCUT2D eigenvalue weighted by atomic mass is 16.2. The molecule has 1 amide bonds. The first-order valence-corrected chi connectivity index (χ1v) is 6.63. The van der Waals surface area contributed by atoms with Crippen LogP contribution < -0.4 is 10.6 Å². The van der Waals surface area contributed by atoms with E-state index in [1.165, 1.54) is 11.1 Å². The summed E-state index contributed by atoms with van der Waals surface area (Å²) in [6.07, 6.45) is 1.46. The average Bonchev–Trinajstić information content (AvgIpc) is 2.38. The molecular formula is C15H22N2O. The number of aryl methyl sites for hydroxylation is 1. The van der Waals surface area contributed by atoms with Crippen molar-refractivity contribution in [3.63, 3.8) is 0 Å². The van der Waals surface area contributed by atoms with Crippen LogP contribution in [0.2, 0.25) is 0 Å². The molecule has 0 saturated carbocycles. The largest absolute Gasteiger partial charge is 0.330 e. The predicted octanol–water partition coefficient (Wildman–Crippen LogP) is 2.22. The van der Waals surface area contributed by atoms with E-state index in [1.807, 2.05) is 11.8 Å². The normalized spacial score (nSPS) is 15.8. The Morgan fingerprint density at radius 1 is 1.33 bits per heavy atom. The Morgan fingerprint density at radius 3 is 2.67 bits per heavy atom. The Morgan fingerprint density at radius 2 is 2.06 bits per heavy atom. The number of benzene rings is 1. The zero-order valence-electron chi connectivity index (χ0n) is 11.5. The van der Waals surface area contributed by atoms with Crippen molar-refractivity contribution >= 4 is 11.6 Å². The monoisotopic (exact) mass is 246 g/mol. The summed E-state index contributed by atoms with van der Waals surface area (Å²) in [5, 5.41) is 0. The second-order valence-corrected chi connectivity index (χ2v) is 5.57. The third kappa shape index (κ3) is 2.15. The average molecular weight is 246 g/mol. The number of hydrogen-bond acceptors (Lipinski definition) is 2. The molecule has 0 fully saturated rings. The molecule has 1 heterocycles. The van der Waals surface area contributed by atoms with Gasteiger partial charge < -0.3 is 10.6 Å². The lowest BCUT2D eigenvalue weighted by Gasteiger charge is -2.31. The van der Waals surface area contributed by atoms with Crippen LogP contribution >= 0.6 is 0 Å². The second-order valence-electron chi connectivity index (χ2n) is 5.57. The summed E-state index contributed by atoms with van der Waals surface area (Å²) in [5.41, 5.74) is 9.43. The molecule has 2 N–H and O–H groups in total. The number of carbonyl (C=O) groups excluding carboxylic acids is 1. The summed E-state index contributed by atoms with van der Waals surface area (Å²) in [6, 6.07) is 6.40. The molecule has 0 unspecified atom stereocenters. The van der Waals surface area contributed by atoms with E-state index in [0.717, 1.165) is 18.7 Å². The van der Waals surface area contributed by atoms with Crippen molar-refractivity contribution in [2.75, 3.05) is 18.0 Å². The van der Waals surface area contributed by atoms with Crippen LogP contribution in [0.4, 0.5) is 5.69 Å². The van der Waals surface area contributed by atoms with E-state index in [2.05, 4.69) is 32.0 Å². The van der Waals surface area contributed by atoms with Crippen LogP contribution in [0.3, 0.4) is 0 Å². The zero-order valence-corrected chi connectivity index (χ0v) is 11.5. The van der Waals surface area contributed by atoms with Gasteiger partial charge in [0.25, 0.3) is 0 Å². The lowest BCUT2D eigenvalue weighted by atomic mass is 9.83. The molecule has 1 aromatic carbocycles. The maximum absolute atomic E-state index is 11.8. The maximum Gasteiger partial charge on any atom is 0.227 e. The van der Waals surface area contributed by atoms with Gasteiger partial charge in [0.1, 0.15) is 0 Å². The number of rotatable bonds is 3. The standard InChI is InChI=1S/C15H22N2O/c1-4-17-13-7-6-12(15(2,3)10-16)9-11(13)5-8-14(17)18/h6-7,9H,4-5,8,10,16H2,1-3H3. The van der Waals surface area contributed by atoms with Crippen molar-refractivity contribution in [1.82, 2.24) is 0 Å². The fraction of sp³-hybridized carbons (Fsp3) is 0.533. The van der Waals surface area contributed by atoms with Crippen LogP contribution in [0, 0.1) is 0 Å². The third-order valence-electron chi connectivity index (χ3n) is 3.89. The Bertz CT molecular complexity index is 466. The quantitative estimate of drug-likeness (QED) is 0.889. The Kier molecular flexibility index (Phi) is 3.44. The van der Waals surface area contributed by atoms with E-state index in [0.29, 0.717) is 13.0 Å². The number of nitrogens with zero attached hydrogens (tertiary/aromatic N) is 1. The molecule has 0 saturated heterocycles. The Hall–Kier alpha value is -1.35. The number of anilines is 1. The molecule has 0 radical (unpaired) electrons. The van der Waals surface area contributed by atoms with Crippen LogP contribution in [-0.2, 0) is 16.6 Å². The number of carbonyl (C=O) groups is 1. The van der Waals surface area contributed by atoms with Gasteiger partial charge in [-0.15, -0.1) is 0 Å². The van der Waals surface area contributed by atoms with Crippen LogP contribution in [0.15, 0.2) is 18.2 Å². The first kappa shape index (κ1) is 13.1. The molecule has 3 nitrogen and oxygen atoms in total. The van der Waals surface area contributed by atoms with E-state index in [-0.39, 0.29) is 11.3 Å². The van der Waals surface area contributed by atoms with Gasteiger partial charge >= 0.3 is 0 Å². The lowest BCUT2D eigenvalue weighted by Crippen LogP contribution is -2.35. The molecule has 3 heteroatoms. The van der Waals surface area contributed by atoms with Crippen LogP contribution in [0.25, 0.3) is 0 Å². The topological polar surface area (TPSA) is 46.3 Å². The molecule has 1 aliphatic rings. The molecule has 2 rings (SSSR count). The van der Waals surface area contributed by atoms with Gasteiger partial charge in [0.15, 0.2) is 0 Å². The van der Waals surface area contributed by atoms with E-state index < -0.39 is 0 Å². The van der Waals surface area contributed by atoms with Gasteiger partial charge in [-0.2, -0.15) is 0 Å². The highest BCUT2D eigenvalue weighted by molar-refractivity contribution is 5.96. The van der Waals surface area contributed by atoms with Crippen molar-refractivity contribution in [3.05, 3.63) is 29.3 Å². The summed E-state index contributed by atoms with van der Waals surface area (Å²) in [5.74, 6) is 0.232. The SMILES string of the molecule is CCN1C(=O)CCc2cc(C(C)(C)CN)ccc21. The van der Waals surface area contributed by atoms with Gasteiger partial charge in [0, 0.05) is 30.6 Å². The van der Waals surface area contributed by atoms with Crippen molar-refractivity contribution in [3.8, 4) is 0 Å². The maximum atomic E-state index is 11.8. The van der Waals surface area contributed by atoms with E-state index in [1.54, 1.807) is 0 Å². The summed E-state index contributed by atoms with van der Waals surface area (Å²) in [6.45, 7) is 7.69. The molecule has 0 aliphatic carbocycles. The Labute approximate surface area is 109 Å². The first-order valence-electron chi connectivity index (χ1n) is 6.63. The van der Waals surface area contributed by atoms with E-state index >= 15 is 0 Å². The highest BCUT2D eigenvalue weighted by Gasteiger charge is 2.25. The molecule has 18 heavy (non-hydrogen) atoms. The van der Waals surface area contributed by atoms with E-state index in [9.17, 15) is 4.79 Å². The van der Waals surface area contributed by atoms with Gasteiger partial charge in [-0.1, -0.05) is 26.0 Å². The van der Waals surface area contributed by atoms with Crippen molar-refractivity contribution in [2.45, 2.75) is 39.0 Å². The zero-order chi connectivity index (χ0) is 13.3. The van der Waals surface area contributed by atoms with Gasteiger partial charge in [0.2, 0.25) is 5.91 Å². The van der Waals surface area contributed by atoms with Gasteiger partial charge in [0.05, 0.1) is 0 Å². The number of fused-ring (bicyclic) bond motifs is 1. The Balaban J connectivity index is 2.42. The smallest absolute Gasteiger partial charge is 0.227 e. The molecule has 0 aromatic heterocycles. The van der Waals surface area contributed by atoms with Crippen molar-refractivity contribution < 1.29 is 4.79 Å². The second kappa shape index (κ2) is 4.73. The van der Waals surface area contributed by atoms with Crippen LogP contribution in [-0.4, -0.2) is 19.0 Å². The van der Waals surface area contributed by atoms with Crippen LogP contribution in [0.1, 0.15) is 38.3 Å². The lowest BCUT2D eigenvalue weighted by molar-refractivity contribution is -0.118. The third-order valence-corrected chi connectivity index (χ3v) is 3.89. The molecule has 98 valence electrons. The van der Waals surface area contributed by atoms with Gasteiger partial charge in [-0.3, -0.25) is 4.79 Å². The fourth-order valence-electron chi connectivity index (χ4n) is 2.45. The molecule has 1 aliphatic heterocycles. The minimum absolute atomic E-state index is 0.00642. The highest BCUT2D eigenvalue weighted by Crippen LogP contribution is 2.32. The first-order chi connectivity index (χ1) is 8.49. The van der Waals surface area contributed by atoms with Crippen LogP contribution in [0.5, 0.6) is 0 Å². The van der Waals surface area contributed by atoms with Gasteiger partial charge in [-0.25, -0.2) is 0 Å². The number of nitrogens with two attached hydrogens (primary N) is 1. The minimum Gasteiger partial charge on any atom is -0.330 e. The number of amides is 1. The summed E-state index contributed by atoms with van der Waals surface area (Å²) in [4.78, 5) is 13.7. The molecule has 0 bridgehead atoms. The number of hydrogen-bond donors (Lipinski definition) is 1. The summed E-state index contributed by atoms with van der Waals surface area (Å²) >= 11 is 0. The van der Waals surface area contributed by atoms with Crippen molar-refractivity contribution in [2.24, 2.45) is 5.73 Å².